The highest BCUT2D eigenvalue weighted by Crippen LogP contribution is 2.29. The molecule has 3 rings (SSSR count). The molecule has 1 aliphatic rings. The van der Waals surface area contributed by atoms with E-state index in [1.165, 1.54) is 12.1 Å². The number of benzene rings is 2. The van der Waals surface area contributed by atoms with Crippen LogP contribution in [0.1, 0.15) is 31.8 Å². The molecule has 0 aliphatic carbocycles. The monoisotopic (exact) mass is 502 g/mol. The second-order valence-corrected chi connectivity index (χ2v) is 7.60. The van der Waals surface area contributed by atoms with Crippen LogP contribution in [-0.2, 0) is 18.9 Å². The second-order valence-electron chi connectivity index (χ2n) is 7.60. The van der Waals surface area contributed by atoms with Gasteiger partial charge in [0.2, 0.25) is 0 Å². The van der Waals surface area contributed by atoms with Crippen LogP contribution in [0.3, 0.4) is 0 Å². The summed E-state index contributed by atoms with van der Waals surface area (Å²) in [4.78, 5) is 22.7. The van der Waals surface area contributed by atoms with E-state index < -0.39 is 11.9 Å². The zero-order valence-electron chi connectivity index (χ0n) is 19.9. The van der Waals surface area contributed by atoms with Crippen LogP contribution in [0.15, 0.2) is 36.4 Å². The smallest absolute Gasteiger partial charge is 0.336 e. The van der Waals surface area contributed by atoms with Crippen molar-refractivity contribution in [3.8, 4) is 11.5 Å². The van der Waals surface area contributed by atoms with Gasteiger partial charge in [-0.15, -0.1) is 0 Å². The molecule has 36 heavy (non-hydrogen) atoms. The Bertz CT molecular complexity index is 1030. The van der Waals surface area contributed by atoms with Gasteiger partial charge in [-0.05, 0) is 35.4 Å². The first-order valence-electron chi connectivity index (χ1n) is 11.5. The summed E-state index contributed by atoms with van der Waals surface area (Å²) >= 11 is 0. The Morgan fingerprint density at radius 1 is 0.556 bits per heavy atom. The number of carbonyl (C=O) groups is 2. The van der Waals surface area contributed by atoms with E-state index in [0.717, 1.165) is 5.56 Å². The van der Waals surface area contributed by atoms with E-state index in [4.69, 9.17) is 28.4 Å². The van der Waals surface area contributed by atoms with Crippen molar-refractivity contribution in [2.75, 3.05) is 66.1 Å². The Labute approximate surface area is 208 Å². The molecular weight excluding hydrogens is 472 g/mol. The summed E-state index contributed by atoms with van der Waals surface area (Å²) in [6.07, 6.45) is 3.47. The van der Waals surface area contributed by atoms with E-state index in [1.54, 1.807) is 30.4 Å². The third kappa shape index (κ3) is 8.97. The molecule has 0 unspecified atom stereocenters. The average molecular weight is 503 g/mol. The van der Waals surface area contributed by atoms with Crippen molar-refractivity contribution < 1.29 is 48.2 Å². The SMILES string of the molecule is O=C(O)c1ccc(/C=C/c2ccc3c(c2)OCCOCCOCCOCCOCCO3)cc1C(=O)O. The van der Waals surface area contributed by atoms with Gasteiger partial charge in [-0.25, -0.2) is 9.59 Å². The summed E-state index contributed by atoms with van der Waals surface area (Å²) in [5.41, 5.74) is 0.786. The van der Waals surface area contributed by atoms with Gasteiger partial charge < -0.3 is 38.6 Å². The van der Waals surface area contributed by atoms with Crippen LogP contribution in [0.25, 0.3) is 12.2 Å². The maximum absolute atomic E-state index is 11.4. The number of hydrogen-bond acceptors (Lipinski definition) is 8. The van der Waals surface area contributed by atoms with Crippen molar-refractivity contribution in [1.82, 2.24) is 0 Å². The zero-order valence-corrected chi connectivity index (χ0v) is 19.9. The van der Waals surface area contributed by atoms with Gasteiger partial charge in [-0.2, -0.15) is 0 Å². The van der Waals surface area contributed by atoms with Crippen molar-refractivity contribution in [1.29, 1.82) is 0 Å². The molecule has 194 valence electrons. The normalized spacial score (nSPS) is 16.7. The topological polar surface area (TPSA) is 130 Å². The molecule has 1 heterocycles. The molecule has 0 bridgehead atoms. The third-order valence-corrected chi connectivity index (χ3v) is 5.03. The van der Waals surface area contributed by atoms with Gasteiger partial charge in [0.05, 0.1) is 64.0 Å². The summed E-state index contributed by atoms with van der Waals surface area (Å²) in [6, 6.07) is 9.55. The average Bonchev–Trinajstić information content (AvgIpc) is 2.87. The van der Waals surface area contributed by atoms with Crippen LogP contribution in [0.4, 0.5) is 0 Å². The number of fused-ring (bicyclic) bond motifs is 1. The van der Waals surface area contributed by atoms with Crippen LogP contribution < -0.4 is 9.47 Å². The molecule has 0 radical (unpaired) electrons. The van der Waals surface area contributed by atoms with Gasteiger partial charge in [-0.3, -0.25) is 0 Å². The number of carboxylic acid groups (broad SMARTS) is 2. The molecule has 0 aromatic heterocycles. The van der Waals surface area contributed by atoms with Gasteiger partial charge in [0.1, 0.15) is 13.2 Å². The molecule has 0 saturated carbocycles. The lowest BCUT2D eigenvalue weighted by molar-refractivity contribution is -0.00841. The van der Waals surface area contributed by atoms with Gasteiger partial charge in [-0.1, -0.05) is 24.3 Å². The van der Waals surface area contributed by atoms with Crippen LogP contribution in [0.2, 0.25) is 0 Å². The molecule has 2 aromatic rings. The highest BCUT2D eigenvalue weighted by Gasteiger charge is 2.15. The molecule has 2 aromatic carbocycles. The fraction of sp³-hybridized carbons (Fsp3) is 0.385. The van der Waals surface area contributed by atoms with E-state index in [1.807, 2.05) is 6.07 Å². The molecule has 0 amide bonds. The highest BCUT2D eigenvalue weighted by molar-refractivity contribution is 6.02. The van der Waals surface area contributed by atoms with E-state index in [2.05, 4.69) is 0 Å². The minimum atomic E-state index is -1.30. The Hall–Kier alpha value is -3.44. The lowest BCUT2D eigenvalue weighted by Crippen LogP contribution is -2.16. The van der Waals surface area contributed by atoms with Crippen LogP contribution in [-0.4, -0.2) is 88.2 Å². The summed E-state index contributed by atoms with van der Waals surface area (Å²) in [5, 5.41) is 18.5. The Morgan fingerprint density at radius 3 is 1.53 bits per heavy atom. The number of rotatable bonds is 4. The molecule has 1 aliphatic heterocycles. The third-order valence-electron chi connectivity index (χ3n) is 5.03. The first kappa shape index (κ1) is 27.2. The second kappa shape index (κ2) is 14.8. The number of hydrogen-bond donors (Lipinski definition) is 2. The maximum atomic E-state index is 11.4. The van der Waals surface area contributed by atoms with E-state index >= 15 is 0 Å². The van der Waals surface area contributed by atoms with E-state index in [0.29, 0.717) is 83.1 Å². The molecular formula is C26H30O10. The van der Waals surface area contributed by atoms with Crippen molar-refractivity contribution in [2.24, 2.45) is 0 Å². The minimum absolute atomic E-state index is 0.265. The largest absolute Gasteiger partial charge is 0.487 e. The van der Waals surface area contributed by atoms with Crippen LogP contribution in [0, 0.1) is 0 Å². The lowest BCUT2D eigenvalue weighted by atomic mass is 10.0. The maximum Gasteiger partial charge on any atom is 0.336 e. The van der Waals surface area contributed by atoms with Crippen molar-refractivity contribution in [2.45, 2.75) is 0 Å². The standard InChI is InChI=1S/C26H30O10/c27-25(28)21-5-3-19(17-22(21)26(29)30)1-2-20-4-6-23-24(18-20)36-16-14-34-12-10-32-8-7-31-9-11-33-13-15-35-23/h1-6,17-18H,7-16H2,(H,27,28)(H,29,30)/b2-1+. The predicted octanol–water partition coefficient (Wildman–Crippen LogP) is 3.09. The molecule has 0 spiro atoms. The summed E-state index contributed by atoms with van der Waals surface area (Å²) in [7, 11) is 0. The van der Waals surface area contributed by atoms with E-state index in [-0.39, 0.29) is 11.1 Å². The first-order chi connectivity index (χ1) is 17.5. The molecule has 10 heteroatoms. The summed E-state index contributed by atoms with van der Waals surface area (Å²) < 4.78 is 33.6. The van der Waals surface area contributed by atoms with Crippen LogP contribution in [0.5, 0.6) is 11.5 Å². The minimum Gasteiger partial charge on any atom is -0.487 e. The van der Waals surface area contributed by atoms with E-state index in [9.17, 15) is 19.8 Å². The molecule has 0 fully saturated rings. The quantitative estimate of drug-likeness (QED) is 0.602. The van der Waals surface area contributed by atoms with Gasteiger partial charge in [0.15, 0.2) is 11.5 Å². The first-order valence-corrected chi connectivity index (χ1v) is 11.5. The van der Waals surface area contributed by atoms with Gasteiger partial charge in [0.25, 0.3) is 0 Å². The Morgan fingerprint density at radius 2 is 1.00 bits per heavy atom. The Kier molecular flexibility index (Phi) is 11.2. The fourth-order valence-electron chi connectivity index (χ4n) is 3.26. The van der Waals surface area contributed by atoms with Crippen molar-refractivity contribution in [3.63, 3.8) is 0 Å². The number of carboxylic acids is 2. The summed E-state index contributed by atoms with van der Waals surface area (Å²) in [5.74, 6) is -1.52. The lowest BCUT2D eigenvalue weighted by Gasteiger charge is -2.14. The van der Waals surface area contributed by atoms with Crippen molar-refractivity contribution >= 4 is 24.1 Å². The number of aromatic carboxylic acids is 2. The highest BCUT2D eigenvalue weighted by atomic mass is 16.6. The predicted molar refractivity (Wildman–Crippen MR) is 130 cm³/mol. The molecule has 0 saturated heterocycles. The zero-order chi connectivity index (χ0) is 25.6. The molecule has 0 atom stereocenters. The van der Waals surface area contributed by atoms with Crippen molar-refractivity contribution in [3.05, 3.63) is 58.7 Å². The van der Waals surface area contributed by atoms with Gasteiger partial charge >= 0.3 is 11.9 Å². The van der Waals surface area contributed by atoms with Gasteiger partial charge in [0, 0.05) is 0 Å². The van der Waals surface area contributed by atoms with Crippen LogP contribution >= 0.6 is 0 Å². The molecule has 10 nitrogen and oxygen atoms in total. The molecule has 2 N–H and O–H groups in total. The number of ether oxygens (including phenoxy) is 6. The fourth-order valence-corrected chi connectivity index (χ4v) is 3.26. The summed E-state index contributed by atoms with van der Waals surface area (Å²) in [6.45, 7) is 4.23. The Balaban J connectivity index is 1.70.